The van der Waals surface area contributed by atoms with Crippen LogP contribution in [0.4, 0.5) is 0 Å². The molecule has 0 amide bonds. The van der Waals surface area contributed by atoms with Gasteiger partial charge in [0, 0.05) is 54.5 Å². The van der Waals surface area contributed by atoms with Crippen LogP contribution in [0.1, 0.15) is 0 Å². The van der Waals surface area contributed by atoms with E-state index in [1.807, 2.05) is 0 Å². The van der Waals surface area contributed by atoms with Crippen molar-refractivity contribution in [2.75, 3.05) is 0 Å². The van der Waals surface area contributed by atoms with E-state index in [1.165, 1.54) is 87.2 Å². The lowest BCUT2D eigenvalue weighted by Gasteiger charge is -2.15. The molecule has 58 heavy (non-hydrogen) atoms. The maximum absolute atomic E-state index is 2.53. The summed E-state index contributed by atoms with van der Waals surface area (Å²) in [6, 6.07) is 75.5. The highest BCUT2D eigenvalue weighted by Gasteiger charge is 2.23. The van der Waals surface area contributed by atoms with Gasteiger partial charge in [-0.1, -0.05) is 133 Å². The van der Waals surface area contributed by atoms with Crippen molar-refractivity contribution >= 4 is 87.2 Å². The van der Waals surface area contributed by atoms with Crippen LogP contribution in [0, 0.1) is 0 Å². The first kappa shape index (κ1) is 31.4. The van der Waals surface area contributed by atoms with Crippen molar-refractivity contribution in [3.05, 3.63) is 206 Å². The molecule has 0 aliphatic heterocycles. The third kappa shape index (κ3) is 4.18. The maximum atomic E-state index is 2.53. The molecule has 0 spiro atoms. The van der Waals surface area contributed by atoms with Crippen LogP contribution in [0.25, 0.3) is 110 Å². The van der Waals surface area contributed by atoms with Crippen LogP contribution in [0.3, 0.4) is 0 Å². The summed E-state index contributed by atoms with van der Waals surface area (Å²) in [4.78, 5) is 0. The highest BCUT2D eigenvalue weighted by atomic mass is 15.1. The van der Waals surface area contributed by atoms with Gasteiger partial charge in [-0.25, -0.2) is 0 Å². The normalized spacial score (nSPS) is 12.1. The van der Waals surface area contributed by atoms with E-state index < -0.39 is 0 Å². The zero-order chi connectivity index (χ0) is 37.9. The zero-order valence-corrected chi connectivity index (χ0v) is 31.4. The van der Waals surface area contributed by atoms with Gasteiger partial charge in [0.05, 0.1) is 55.5 Å². The second kappa shape index (κ2) is 11.8. The molecule has 4 heterocycles. The van der Waals surface area contributed by atoms with Crippen LogP contribution in [-0.4, -0.2) is 18.3 Å². The van der Waals surface area contributed by atoms with Crippen molar-refractivity contribution in [2.45, 2.75) is 0 Å². The van der Waals surface area contributed by atoms with Gasteiger partial charge in [0.15, 0.2) is 0 Å². The van der Waals surface area contributed by atoms with Crippen LogP contribution in [0.2, 0.25) is 0 Å². The fourth-order valence-electron chi connectivity index (χ4n) is 10.0. The molecule has 0 aliphatic carbocycles. The molecule has 0 atom stereocenters. The van der Waals surface area contributed by atoms with Gasteiger partial charge in [-0.3, -0.25) is 0 Å². The van der Waals surface area contributed by atoms with Crippen molar-refractivity contribution < 1.29 is 0 Å². The number of hydrogen-bond donors (Lipinski definition) is 0. The molecule has 0 fully saturated rings. The maximum Gasteiger partial charge on any atom is 0.0782 e. The van der Waals surface area contributed by atoms with Crippen molar-refractivity contribution in [1.82, 2.24) is 18.3 Å². The minimum absolute atomic E-state index is 1.13. The van der Waals surface area contributed by atoms with E-state index >= 15 is 0 Å². The van der Waals surface area contributed by atoms with Crippen molar-refractivity contribution in [3.8, 4) is 22.7 Å². The second-order valence-corrected chi connectivity index (χ2v) is 15.3. The van der Waals surface area contributed by atoms with Gasteiger partial charge in [0.1, 0.15) is 0 Å². The molecule has 13 rings (SSSR count). The van der Waals surface area contributed by atoms with Crippen molar-refractivity contribution in [3.63, 3.8) is 0 Å². The molecule has 0 N–H and O–H groups in total. The van der Waals surface area contributed by atoms with Gasteiger partial charge in [0.2, 0.25) is 0 Å². The lowest BCUT2D eigenvalue weighted by molar-refractivity contribution is 1.13. The van der Waals surface area contributed by atoms with Crippen LogP contribution in [0.15, 0.2) is 206 Å². The molecule has 13 aromatic rings. The molecule has 0 saturated heterocycles. The topological polar surface area (TPSA) is 19.7 Å². The summed E-state index contributed by atoms with van der Waals surface area (Å²) < 4.78 is 9.86. The zero-order valence-electron chi connectivity index (χ0n) is 31.4. The largest absolute Gasteiger partial charge is 0.309 e. The predicted octanol–water partition coefficient (Wildman–Crippen LogP) is 14.1. The number of aromatic nitrogens is 4. The van der Waals surface area contributed by atoms with Crippen LogP contribution < -0.4 is 0 Å². The van der Waals surface area contributed by atoms with E-state index in [9.17, 15) is 0 Å². The number of hydrogen-bond acceptors (Lipinski definition) is 0. The fourth-order valence-corrected chi connectivity index (χ4v) is 10.0. The SMILES string of the molecule is c1ccc(-n2c3ccccc3c3ccc(-n4c5ccccc5c5c(-n6c7ccccc7c7cccc(-n8c9ccccc9c9ccccc98)c76)cccc54)cc32)cc1. The standard InChI is InChI=1S/C54H34N4/c1-2-16-35(17-3-1)55-44-24-9-4-20-39(44)41-33-32-36(34-52(41)55)56-48-28-13-8-22-43(48)53-49(56)29-15-30-50(53)58-47-27-12-7-21-40(47)42-23-14-31-51(54(42)58)57-45-25-10-5-18-37(45)38-19-6-11-26-46(38)57/h1-34H. The van der Waals surface area contributed by atoms with E-state index in [1.54, 1.807) is 0 Å². The quantitative estimate of drug-likeness (QED) is 0.171. The number of benzene rings is 9. The van der Waals surface area contributed by atoms with Gasteiger partial charge in [-0.15, -0.1) is 0 Å². The average molecular weight is 739 g/mol. The Kier molecular flexibility index (Phi) is 6.41. The molecule has 0 bridgehead atoms. The molecule has 0 radical (unpaired) electrons. The summed E-state index contributed by atoms with van der Waals surface area (Å²) in [5, 5.41) is 9.92. The Morgan fingerprint density at radius 1 is 0.224 bits per heavy atom. The lowest BCUT2D eigenvalue weighted by Crippen LogP contribution is -2.01. The summed E-state index contributed by atoms with van der Waals surface area (Å²) in [6.07, 6.45) is 0. The average Bonchev–Trinajstić information content (AvgIpc) is 4.02. The van der Waals surface area contributed by atoms with Gasteiger partial charge >= 0.3 is 0 Å². The van der Waals surface area contributed by atoms with Gasteiger partial charge in [-0.2, -0.15) is 0 Å². The number of nitrogens with zero attached hydrogens (tertiary/aromatic N) is 4. The van der Waals surface area contributed by atoms with E-state index in [0.717, 1.165) is 22.7 Å². The van der Waals surface area contributed by atoms with Gasteiger partial charge < -0.3 is 18.3 Å². The highest BCUT2D eigenvalue weighted by molar-refractivity contribution is 6.19. The number of para-hydroxylation sites is 7. The monoisotopic (exact) mass is 738 g/mol. The first-order valence-corrected chi connectivity index (χ1v) is 20.0. The van der Waals surface area contributed by atoms with E-state index in [-0.39, 0.29) is 0 Å². The Balaban J connectivity index is 1.14. The van der Waals surface area contributed by atoms with Crippen molar-refractivity contribution in [1.29, 1.82) is 0 Å². The van der Waals surface area contributed by atoms with E-state index in [0.29, 0.717) is 0 Å². The summed E-state index contributed by atoms with van der Waals surface area (Å²) >= 11 is 0. The molecular weight excluding hydrogens is 705 g/mol. The predicted molar refractivity (Wildman–Crippen MR) is 244 cm³/mol. The second-order valence-electron chi connectivity index (χ2n) is 15.3. The Bertz CT molecular complexity index is 3740. The van der Waals surface area contributed by atoms with Crippen LogP contribution >= 0.6 is 0 Å². The van der Waals surface area contributed by atoms with E-state index in [4.69, 9.17) is 0 Å². The van der Waals surface area contributed by atoms with Gasteiger partial charge in [-0.05, 0) is 72.8 Å². The Morgan fingerprint density at radius 3 is 1.31 bits per heavy atom. The molecule has 9 aromatic carbocycles. The third-order valence-corrected chi connectivity index (χ3v) is 12.3. The summed E-state index contributed by atoms with van der Waals surface area (Å²) in [5.74, 6) is 0. The van der Waals surface area contributed by atoms with E-state index in [2.05, 4.69) is 225 Å². The summed E-state index contributed by atoms with van der Waals surface area (Å²) in [7, 11) is 0. The van der Waals surface area contributed by atoms with Crippen LogP contribution in [-0.2, 0) is 0 Å². The minimum atomic E-state index is 1.13. The third-order valence-electron chi connectivity index (χ3n) is 12.3. The molecular formula is C54H34N4. The first-order valence-electron chi connectivity index (χ1n) is 20.0. The molecule has 270 valence electrons. The minimum Gasteiger partial charge on any atom is -0.309 e. The molecule has 4 heteroatoms. The van der Waals surface area contributed by atoms with Gasteiger partial charge in [0.25, 0.3) is 0 Å². The van der Waals surface area contributed by atoms with Crippen LogP contribution in [0.5, 0.6) is 0 Å². The first-order chi connectivity index (χ1) is 28.8. The fraction of sp³-hybridized carbons (Fsp3) is 0. The molecule has 0 aliphatic rings. The summed E-state index contributed by atoms with van der Waals surface area (Å²) in [6.45, 7) is 0. The summed E-state index contributed by atoms with van der Waals surface area (Å²) in [5.41, 5.74) is 14.1. The number of fused-ring (bicyclic) bond motifs is 12. The van der Waals surface area contributed by atoms with Crippen molar-refractivity contribution in [2.24, 2.45) is 0 Å². The number of rotatable bonds is 4. The highest BCUT2D eigenvalue weighted by Crippen LogP contribution is 2.43. The molecule has 4 aromatic heterocycles. The molecule has 4 nitrogen and oxygen atoms in total. The smallest absolute Gasteiger partial charge is 0.0782 e. The molecule has 0 saturated carbocycles. The lowest BCUT2D eigenvalue weighted by atomic mass is 10.1. The Labute approximate surface area is 333 Å². The molecule has 0 unspecified atom stereocenters. The Morgan fingerprint density at radius 2 is 0.655 bits per heavy atom. The Hall–Kier alpha value is -7.82.